The van der Waals surface area contributed by atoms with Gasteiger partial charge in [-0.2, -0.15) is 0 Å². The van der Waals surface area contributed by atoms with E-state index in [1.807, 2.05) is 13.8 Å². The van der Waals surface area contributed by atoms with Crippen molar-refractivity contribution in [2.75, 3.05) is 27.2 Å². The molecule has 1 amide bonds. The van der Waals surface area contributed by atoms with Gasteiger partial charge in [-0.05, 0) is 24.0 Å². The van der Waals surface area contributed by atoms with E-state index < -0.39 is 15.9 Å². The molecule has 2 N–H and O–H groups in total. The summed E-state index contributed by atoms with van der Waals surface area (Å²) in [4.78, 5) is 11.9. The Bertz CT molecular complexity index is 589. The first-order chi connectivity index (χ1) is 9.60. The molecule has 0 aromatic carbocycles. The molecular formula is C13H22N2O5S. The molecule has 0 bridgehead atoms. The van der Waals surface area contributed by atoms with Crippen molar-refractivity contribution in [2.24, 2.45) is 5.41 Å². The Morgan fingerprint density at radius 2 is 2.00 bits per heavy atom. The number of sulfonamides is 1. The number of hydrogen-bond acceptors (Lipinski definition) is 5. The molecule has 1 aromatic rings. The summed E-state index contributed by atoms with van der Waals surface area (Å²) in [5, 5.41) is 11.3. The van der Waals surface area contributed by atoms with Crippen LogP contribution >= 0.6 is 0 Å². The highest BCUT2D eigenvalue weighted by Gasteiger charge is 2.24. The fourth-order valence-electron chi connectivity index (χ4n) is 1.56. The van der Waals surface area contributed by atoms with E-state index >= 15 is 0 Å². The monoisotopic (exact) mass is 318 g/mol. The summed E-state index contributed by atoms with van der Waals surface area (Å²) < 4.78 is 29.8. The Kier molecular flexibility index (Phi) is 5.54. The summed E-state index contributed by atoms with van der Waals surface area (Å²) in [6, 6.07) is 2.58. The quantitative estimate of drug-likeness (QED) is 0.769. The molecule has 21 heavy (non-hydrogen) atoms. The van der Waals surface area contributed by atoms with Crippen LogP contribution in [-0.2, 0) is 10.0 Å². The van der Waals surface area contributed by atoms with E-state index in [1.165, 1.54) is 26.2 Å². The van der Waals surface area contributed by atoms with Crippen molar-refractivity contribution in [1.29, 1.82) is 0 Å². The lowest BCUT2D eigenvalue weighted by Crippen LogP contribution is -2.34. The van der Waals surface area contributed by atoms with Crippen molar-refractivity contribution in [1.82, 2.24) is 9.62 Å². The second-order valence-electron chi connectivity index (χ2n) is 5.73. The molecule has 0 spiro atoms. The lowest BCUT2D eigenvalue weighted by molar-refractivity contribution is 0.0895. The van der Waals surface area contributed by atoms with Gasteiger partial charge in [0.25, 0.3) is 15.9 Å². The number of rotatable bonds is 7. The topological polar surface area (TPSA) is 99.9 Å². The van der Waals surface area contributed by atoms with Crippen LogP contribution < -0.4 is 5.32 Å². The highest BCUT2D eigenvalue weighted by molar-refractivity contribution is 7.88. The van der Waals surface area contributed by atoms with Crippen LogP contribution in [0.2, 0.25) is 0 Å². The van der Waals surface area contributed by atoms with Crippen LogP contribution in [-0.4, -0.2) is 51.0 Å². The smallest absolute Gasteiger partial charge is 0.287 e. The van der Waals surface area contributed by atoms with Crippen molar-refractivity contribution in [3.05, 3.63) is 17.9 Å². The van der Waals surface area contributed by atoms with Crippen LogP contribution in [0.25, 0.3) is 0 Å². The normalized spacial score (nSPS) is 12.7. The minimum atomic E-state index is -3.69. The highest BCUT2D eigenvalue weighted by atomic mass is 32.2. The van der Waals surface area contributed by atoms with E-state index in [1.54, 1.807) is 0 Å². The molecule has 1 aromatic heterocycles. The van der Waals surface area contributed by atoms with Crippen LogP contribution in [0.5, 0.6) is 0 Å². The first-order valence-electron chi connectivity index (χ1n) is 6.51. The van der Waals surface area contributed by atoms with Gasteiger partial charge in [0, 0.05) is 27.2 Å². The van der Waals surface area contributed by atoms with Gasteiger partial charge in [-0.25, -0.2) is 12.7 Å². The first kappa shape index (κ1) is 17.7. The minimum absolute atomic E-state index is 0.0366. The predicted octanol–water partition coefficient (Wildman–Crippen LogP) is 0.668. The Balaban J connectivity index is 2.76. The van der Waals surface area contributed by atoms with Crippen LogP contribution in [0.1, 0.15) is 30.8 Å². The van der Waals surface area contributed by atoms with Gasteiger partial charge in [0.05, 0.1) is 0 Å². The molecule has 0 aliphatic carbocycles. The number of nitrogens with one attached hydrogen (secondary N) is 1. The summed E-state index contributed by atoms with van der Waals surface area (Å²) in [5.41, 5.74) is -0.254. The molecule has 8 heteroatoms. The fourth-order valence-corrected chi connectivity index (χ4v) is 2.35. The molecule has 0 unspecified atom stereocenters. The van der Waals surface area contributed by atoms with Crippen LogP contribution in [0.3, 0.4) is 0 Å². The molecule has 1 heterocycles. The maximum atomic E-state index is 11.9. The van der Waals surface area contributed by atoms with E-state index in [4.69, 9.17) is 9.52 Å². The zero-order valence-electron chi connectivity index (χ0n) is 12.7. The molecule has 120 valence electrons. The molecule has 0 fully saturated rings. The van der Waals surface area contributed by atoms with Crippen molar-refractivity contribution >= 4 is 15.9 Å². The maximum Gasteiger partial charge on any atom is 0.287 e. The van der Waals surface area contributed by atoms with E-state index in [2.05, 4.69) is 5.32 Å². The second kappa shape index (κ2) is 6.59. The molecule has 1 rings (SSSR count). The summed E-state index contributed by atoms with van der Waals surface area (Å²) >= 11 is 0. The van der Waals surface area contributed by atoms with E-state index in [0.29, 0.717) is 13.0 Å². The van der Waals surface area contributed by atoms with Gasteiger partial charge in [-0.15, -0.1) is 0 Å². The van der Waals surface area contributed by atoms with Gasteiger partial charge in [0.2, 0.25) is 5.09 Å². The molecule has 0 atom stereocenters. The summed E-state index contributed by atoms with van der Waals surface area (Å²) in [7, 11) is -0.920. The number of carbonyl (C=O) groups excluding carboxylic acids is 1. The van der Waals surface area contributed by atoms with Crippen molar-refractivity contribution < 1.29 is 22.7 Å². The van der Waals surface area contributed by atoms with E-state index in [-0.39, 0.29) is 22.9 Å². The summed E-state index contributed by atoms with van der Waals surface area (Å²) in [6.45, 7) is 4.21. The molecule has 0 radical (unpaired) electrons. The van der Waals surface area contributed by atoms with Gasteiger partial charge in [0.1, 0.15) is 0 Å². The Labute approximate surface area is 125 Å². The Hall–Kier alpha value is -1.38. The van der Waals surface area contributed by atoms with Gasteiger partial charge in [-0.3, -0.25) is 4.79 Å². The van der Waals surface area contributed by atoms with Crippen LogP contribution in [0.4, 0.5) is 0 Å². The third-order valence-corrected chi connectivity index (χ3v) is 4.75. The van der Waals surface area contributed by atoms with Gasteiger partial charge in [0.15, 0.2) is 5.76 Å². The molecule has 0 saturated heterocycles. The number of aliphatic hydroxyl groups is 1. The number of carbonyl (C=O) groups is 1. The van der Waals surface area contributed by atoms with Crippen molar-refractivity contribution in [3.63, 3.8) is 0 Å². The van der Waals surface area contributed by atoms with Crippen LogP contribution in [0.15, 0.2) is 21.6 Å². The molecule has 0 aliphatic heterocycles. The lowest BCUT2D eigenvalue weighted by Gasteiger charge is -2.23. The lowest BCUT2D eigenvalue weighted by atomic mass is 9.90. The number of hydrogen-bond donors (Lipinski definition) is 2. The zero-order valence-corrected chi connectivity index (χ0v) is 13.5. The number of aliphatic hydroxyl groups excluding tert-OH is 1. The number of furan rings is 1. The molecule has 7 nitrogen and oxygen atoms in total. The standard InChI is InChI=1S/C13H22N2O5S/c1-13(2,7-8-16)9-14-12(17)10-5-6-11(20-10)21(18,19)15(3)4/h5-6,16H,7-9H2,1-4H3,(H,14,17). The van der Waals surface area contributed by atoms with E-state index in [0.717, 1.165) is 4.31 Å². The Morgan fingerprint density at radius 3 is 2.52 bits per heavy atom. The first-order valence-corrected chi connectivity index (χ1v) is 7.95. The van der Waals surface area contributed by atoms with Crippen molar-refractivity contribution in [3.8, 4) is 0 Å². The summed E-state index contributed by atoms with van der Waals surface area (Å²) in [5.74, 6) is -0.545. The highest BCUT2D eigenvalue weighted by Crippen LogP contribution is 2.19. The van der Waals surface area contributed by atoms with E-state index in [9.17, 15) is 13.2 Å². The predicted molar refractivity (Wildman–Crippen MR) is 77.4 cm³/mol. The number of nitrogens with zero attached hydrogens (tertiary/aromatic N) is 1. The van der Waals surface area contributed by atoms with Gasteiger partial charge >= 0.3 is 0 Å². The van der Waals surface area contributed by atoms with Crippen LogP contribution in [0, 0.1) is 5.41 Å². The van der Waals surface area contributed by atoms with Crippen molar-refractivity contribution in [2.45, 2.75) is 25.4 Å². The SMILES string of the molecule is CN(C)S(=O)(=O)c1ccc(C(=O)NCC(C)(C)CCO)o1. The Morgan fingerprint density at radius 1 is 1.38 bits per heavy atom. The molecular weight excluding hydrogens is 296 g/mol. The summed E-state index contributed by atoms with van der Waals surface area (Å²) in [6.07, 6.45) is 0.547. The average molecular weight is 318 g/mol. The molecule has 0 aliphatic rings. The maximum absolute atomic E-state index is 11.9. The van der Waals surface area contributed by atoms with Gasteiger partial charge < -0.3 is 14.8 Å². The third kappa shape index (κ3) is 4.55. The van der Waals surface area contributed by atoms with Gasteiger partial charge in [-0.1, -0.05) is 13.8 Å². The average Bonchev–Trinajstić information content (AvgIpc) is 2.86. The fraction of sp³-hybridized carbons (Fsp3) is 0.615. The molecule has 0 saturated carbocycles. The largest absolute Gasteiger partial charge is 0.438 e. The minimum Gasteiger partial charge on any atom is -0.438 e. The zero-order chi connectivity index (χ0) is 16.3. The third-order valence-electron chi connectivity index (χ3n) is 3.06. The number of amides is 1. The second-order valence-corrected chi connectivity index (χ2v) is 7.81.